The normalized spacial score (nSPS) is 14.9. The van der Waals surface area contributed by atoms with E-state index in [2.05, 4.69) is 15.6 Å². The highest BCUT2D eigenvalue weighted by Gasteiger charge is 2.15. The number of rotatable bonds is 6. The van der Waals surface area contributed by atoms with Gasteiger partial charge >= 0.3 is 0 Å². The van der Waals surface area contributed by atoms with Crippen molar-refractivity contribution in [1.29, 1.82) is 0 Å². The molecular formula is C15H24N4O. The molecule has 0 saturated carbocycles. The molecule has 2 rings (SSSR count). The fourth-order valence-corrected chi connectivity index (χ4v) is 2.43. The van der Waals surface area contributed by atoms with Gasteiger partial charge in [-0.3, -0.25) is 4.79 Å². The third kappa shape index (κ3) is 4.40. The van der Waals surface area contributed by atoms with Gasteiger partial charge in [0.25, 0.3) is 0 Å². The summed E-state index contributed by atoms with van der Waals surface area (Å²) in [6.07, 6.45) is 5.88. The maximum absolute atomic E-state index is 12.0. The number of amides is 1. The Morgan fingerprint density at radius 1 is 1.30 bits per heavy atom. The Hall–Kier alpha value is -1.78. The van der Waals surface area contributed by atoms with Crippen molar-refractivity contribution in [2.45, 2.75) is 32.6 Å². The molecule has 2 N–H and O–H groups in total. The molecule has 0 aromatic carbocycles. The smallest absolute Gasteiger partial charge is 0.224 e. The number of hydrogen-bond donors (Lipinski definition) is 2. The quantitative estimate of drug-likeness (QED) is 0.837. The van der Waals surface area contributed by atoms with Gasteiger partial charge in [0.05, 0.1) is 0 Å². The maximum atomic E-state index is 12.0. The maximum Gasteiger partial charge on any atom is 0.224 e. The molecule has 0 unspecified atom stereocenters. The zero-order valence-corrected chi connectivity index (χ0v) is 12.2. The molecule has 1 aromatic rings. The first-order chi connectivity index (χ1) is 9.79. The summed E-state index contributed by atoms with van der Waals surface area (Å²) in [6, 6.07) is 3.89. The van der Waals surface area contributed by atoms with Crippen LogP contribution in [0.3, 0.4) is 0 Å². The Labute approximate surface area is 120 Å². The van der Waals surface area contributed by atoms with Crippen LogP contribution >= 0.6 is 0 Å². The third-order valence-corrected chi connectivity index (χ3v) is 3.49. The summed E-state index contributed by atoms with van der Waals surface area (Å²) in [5.41, 5.74) is 1.00. The third-order valence-electron chi connectivity index (χ3n) is 3.49. The van der Waals surface area contributed by atoms with Gasteiger partial charge in [0.15, 0.2) is 0 Å². The lowest BCUT2D eigenvalue weighted by molar-refractivity contribution is -0.131. The second-order valence-electron chi connectivity index (χ2n) is 5.08. The molecule has 1 fully saturated rings. The predicted octanol–water partition coefficient (Wildman–Crippen LogP) is 2.33. The van der Waals surface area contributed by atoms with Crippen LogP contribution in [0.15, 0.2) is 18.3 Å². The van der Waals surface area contributed by atoms with Crippen LogP contribution in [0, 0.1) is 0 Å². The van der Waals surface area contributed by atoms with Gasteiger partial charge in [-0.15, -0.1) is 0 Å². The molecule has 0 atom stereocenters. The molecule has 2 heterocycles. The SMILES string of the molecule is CCNc1cc(NCCC(=O)N2CCCCC2)ccn1. The van der Waals surface area contributed by atoms with Crippen LogP contribution in [-0.4, -0.2) is 42.0 Å². The summed E-state index contributed by atoms with van der Waals surface area (Å²) in [4.78, 5) is 18.2. The lowest BCUT2D eigenvalue weighted by Crippen LogP contribution is -2.36. The van der Waals surface area contributed by atoms with Gasteiger partial charge in [-0.05, 0) is 32.3 Å². The summed E-state index contributed by atoms with van der Waals surface area (Å²) in [7, 11) is 0. The minimum atomic E-state index is 0.262. The van der Waals surface area contributed by atoms with Crippen molar-refractivity contribution in [3.05, 3.63) is 18.3 Å². The van der Waals surface area contributed by atoms with Crippen molar-refractivity contribution in [3.8, 4) is 0 Å². The summed E-state index contributed by atoms with van der Waals surface area (Å²) < 4.78 is 0. The number of piperidine rings is 1. The Kier molecular flexibility index (Phi) is 5.65. The van der Waals surface area contributed by atoms with Crippen molar-refractivity contribution in [2.24, 2.45) is 0 Å². The van der Waals surface area contributed by atoms with Gasteiger partial charge < -0.3 is 15.5 Å². The number of nitrogens with zero attached hydrogens (tertiary/aromatic N) is 2. The first-order valence-corrected chi connectivity index (χ1v) is 7.51. The van der Waals surface area contributed by atoms with Crippen LogP contribution in [0.1, 0.15) is 32.6 Å². The standard InChI is InChI=1S/C15H24N4O/c1-2-16-14-12-13(6-8-18-14)17-9-7-15(20)19-10-4-3-5-11-19/h6,8,12H,2-5,7,9-11H2,1H3,(H2,16,17,18). The summed E-state index contributed by atoms with van der Waals surface area (Å²) in [5, 5.41) is 6.46. The van der Waals surface area contributed by atoms with Crippen molar-refractivity contribution in [2.75, 3.05) is 36.8 Å². The molecule has 5 heteroatoms. The molecule has 1 saturated heterocycles. The van der Waals surface area contributed by atoms with E-state index in [4.69, 9.17) is 0 Å². The van der Waals surface area contributed by atoms with Gasteiger partial charge in [0.1, 0.15) is 5.82 Å². The molecule has 0 aliphatic carbocycles. The Morgan fingerprint density at radius 3 is 2.85 bits per heavy atom. The van der Waals surface area contributed by atoms with Crippen LogP contribution in [0.25, 0.3) is 0 Å². The first kappa shape index (κ1) is 14.6. The molecule has 1 amide bonds. The van der Waals surface area contributed by atoms with Crippen LogP contribution in [-0.2, 0) is 4.79 Å². The van der Waals surface area contributed by atoms with Crippen LogP contribution in [0.4, 0.5) is 11.5 Å². The van der Waals surface area contributed by atoms with E-state index >= 15 is 0 Å². The minimum Gasteiger partial charge on any atom is -0.384 e. The zero-order valence-electron chi connectivity index (χ0n) is 12.2. The van der Waals surface area contributed by atoms with E-state index in [0.717, 1.165) is 44.0 Å². The molecule has 20 heavy (non-hydrogen) atoms. The number of carbonyl (C=O) groups excluding carboxylic acids is 1. The summed E-state index contributed by atoms with van der Waals surface area (Å²) >= 11 is 0. The van der Waals surface area contributed by atoms with E-state index in [0.29, 0.717) is 13.0 Å². The van der Waals surface area contributed by atoms with Crippen molar-refractivity contribution in [3.63, 3.8) is 0 Å². The second kappa shape index (κ2) is 7.72. The largest absolute Gasteiger partial charge is 0.384 e. The summed E-state index contributed by atoms with van der Waals surface area (Å²) in [5.74, 6) is 1.12. The van der Waals surface area contributed by atoms with E-state index < -0.39 is 0 Å². The fourth-order valence-electron chi connectivity index (χ4n) is 2.43. The topological polar surface area (TPSA) is 57.3 Å². The zero-order chi connectivity index (χ0) is 14.2. The molecule has 5 nitrogen and oxygen atoms in total. The number of likely N-dealkylation sites (tertiary alicyclic amines) is 1. The number of aromatic nitrogens is 1. The van der Waals surface area contributed by atoms with Crippen molar-refractivity contribution in [1.82, 2.24) is 9.88 Å². The molecule has 1 aromatic heterocycles. The minimum absolute atomic E-state index is 0.262. The Bertz CT molecular complexity index is 430. The number of pyridine rings is 1. The molecule has 110 valence electrons. The lowest BCUT2D eigenvalue weighted by atomic mass is 10.1. The lowest BCUT2D eigenvalue weighted by Gasteiger charge is -2.26. The average Bonchev–Trinajstić information content (AvgIpc) is 2.49. The van der Waals surface area contributed by atoms with Crippen molar-refractivity contribution < 1.29 is 4.79 Å². The number of carbonyl (C=O) groups is 1. The second-order valence-corrected chi connectivity index (χ2v) is 5.08. The van der Waals surface area contributed by atoms with Crippen LogP contribution < -0.4 is 10.6 Å². The number of nitrogens with one attached hydrogen (secondary N) is 2. The Balaban J connectivity index is 1.74. The molecular weight excluding hydrogens is 252 g/mol. The van der Waals surface area contributed by atoms with E-state index in [-0.39, 0.29) is 5.91 Å². The molecule has 0 bridgehead atoms. The van der Waals surface area contributed by atoms with Crippen LogP contribution in [0.5, 0.6) is 0 Å². The Morgan fingerprint density at radius 2 is 2.10 bits per heavy atom. The van der Waals surface area contributed by atoms with Gasteiger partial charge in [0, 0.05) is 50.6 Å². The molecule has 0 spiro atoms. The molecule has 1 aliphatic rings. The first-order valence-electron chi connectivity index (χ1n) is 7.51. The fraction of sp³-hybridized carbons (Fsp3) is 0.600. The highest BCUT2D eigenvalue weighted by Crippen LogP contribution is 2.13. The van der Waals surface area contributed by atoms with Gasteiger partial charge in [-0.25, -0.2) is 4.98 Å². The number of hydrogen-bond acceptors (Lipinski definition) is 4. The number of anilines is 2. The molecule has 0 radical (unpaired) electrons. The van der Waals surface area contributed by atoms with E-state index in [1.165, 1.54) is 6.42 Å². The highest BCUT2D eigenvalue weighted by atomic mass is 16.2. The van der Waals surface area contributed by atoms with Crippen LogP contribution in [0.2, 0.25) is 0 Å². The highest BCUT2D eigenvalue weighted by molar-refractivity contribution is 5.76. The monoisotopic (exact) mass is 276 g/mol. The van der Waals surface area contributed by atoms with E-state index in [9.17, 15) is 4.79 Å². The average molecular weight is 276 g/mol. The van der Waals surface area contributed by atoms with E-state index in [1.807, 2.05) is 24.0 Å². The summed E-state index contributed by atoms with van der Waals surface area (Å²) in [6.45, 7) is 5.42. The van der Waals surface area contributed by atoms with Gasteiger partial charge in [-0.1, -0.05) is 0 Å². The van der Waals surface area contributed by atoms with Gasteiger partial charge in [-0.2, -0.15) is 0 Å². The predicted molar refractivity (Wildman–Crippen MR) is 81.9 cm³/mol. The van der Waals surface area contributed by atoms with E-state index in [1.54, 1.807) is 6.20 Å². The van der Waals surface area contributed by atoms with Crippen molar-refractivity contribution >= 4 is 17.4 Å². The molecule has 1 aliphatic heterocycles. The van der Waals surface area contributed by atoms with Gasteiger partial charge in [0.2, 0.25) is 5.91 Å².